The number of amides is 1. The lowest BCUT2D eigenvalue weighted by Crippen LogP contribution is -2.22. The molecule has 2 N–H and O–H groups in total. The number of ether oxygens (including phenoxy) is 1. The number of aryl methyl sites for hydroxylation is 1. The van der Waals surface area contributed by atoms with E-state index in [1.54, 1.807) is 12.3 Å². The summed E-state index contributed by atoms with van der Waals surface area (Å²) in [4.78, 5) is 16.0. The molecule has 1 aromatic heterocycles. The van der Waals surface area contributed by atoms with E-state index in [0.717, 1.165) is 16.9 Å². The van der Waals surface area contributed by atoms with Crippen LogP contribution in [0.5, 0.6) is 5.88 Å². The number of nitrogens with zero attached hydrogens (tertiary/aromatic N) is 1. The molecule has 1 heterocycles. The maximum Gasteiger partial charge on any atom is 0.243 e. The molecule has 0 saturated heterocycles. The molecule has 0 radical (unpaired) electrons. The van der Waals surface area contributed by atoms with Gasteiger partial charge in [-0.05, 0) is 31.5 Å². The Kier molecular flexibility index (Phi) is 5.15. The summed E-state index contributed by atoms with van der Waals surface area (Å²) >= 11 is 0. The molecule has 0 atom stereocenters. The summed E-state index contributed by atoms with van der Waals surface area (Å²) in [6.45, 7) is 4.63. The monoisotopic (exact) mass is 285 g/mol. The number of rotatable bonds is 6. The van der Waals surface area contributed by atoms with E-state index in [9.17, 15) is 4.79 Å². The normalized spacial score (nSPS) is 10.0. The van der Waals surface area contributed by atoms with Crippen LogP contribution >= 0.6 is 0 Å². The molecule has 0 unspecified atom stereocenters. The maximum absolute atomic E-state index is 11.9. The minimum Gasteiger partial charge on any atom is -0.478 e. The Morgan fingerprint density at radius 3 is 2.71 bits per heavy atom. The van der Waals surface area contributed by atoms with Gasteiger partial charge in [-0.25, -0.2) is 4.98 Å². The Labute approximate surface area is 124 Å². The number of carbonyl (C=O) groups excluding carboxylic acids is 1. The lowest BCUT2D eigenvalue weighted by atomic mass is 10.2. The molecule has 2 rings (SSSR count). The molecule has 0 spiro atoms. The molecular formula is C16H19N3O2. The van der Waals surface area contributed by atoms with Crippen molar-refractivity contribution in [1.29, 1.82) is 0 Å². The van der Waals surface area contributed by atoms with Crippen LogP contribution in [0.3, 0.4) is 0 Å². The molecular weight excluding hydrogens is 266 g/mol. The van der Waals surface area contributed by atoms with E-state index < -0.39 is 0 Å². The second-order valence-electron chi connectivity index (χ2n) is 4.53. The standard InChI is InChI=1S/C16H19N3O2/c1-3-21-16-9-8-13(10-18-16)17-11-15(20)19-14-7-5-4-6-12(14)2/h4-10,17H,3,11H2,1-2H3,(H,19,20). The van der Waals surface area contributed by atoms with E-state index in [4.69, 9.17) is 4.74 Å². The minimum absolute atomic E-state index is 0.0989. The first-order valence-electron chi connectivity index (χ1n) is 6.87. The number of pyridine rings is 1. The van der Waals surface area contributed by atoms with Crippen LogP contribution in [-0.4, -0.2) is 24.0 Å². The molecule has 1 aromatic carbocycles. The van der Waals surface area contributed by atoms with Crippen molar-refractivity contribution in [2.45, 2.75) is 13.8 Å². The van der Waals surface area contributed by atoms with E-state index in [2.05, 4.69) is 15.6 Å². The fourth-order valence-corrected chi connectivity index (χ4v) is 1.81. The van der Waals surface area contributed by atoms with Crippen molar-refractivity contribution in [2.24, 2.45) is 0 Å². The van der Waals surface area contributed by atoms with Gasteiger partial charge in [-0.15, -0.1) is 0 Å². The van der Waals surface area contributed by atoms with Gasteiger partial charge >= 0.3 is 0 Å². The molecule has 1 amide bonds. The summed E-state index contributed by atoms with van der Waals surface area (Å²) < 4.78 is 5.26. The summed E-state index contributed by atoms with van der Waals surface area (Å²) in [6, 6.07) is 11.3. The van der Waals surface area contributed by atoms with Gasteiger partial charge in [0.05, 0.1) is 25.0 Å². The SMILES string of the molecule is CCOc1ccc(NCC(=O)Nc2ccccc2C)cn1. The average molecular weight is 285 g/mol. The molecule has 0 saturated carbocycles. The van der Waals surface area contributed by atoms with Crippen molar-refractivity contribution >= 4 is 17.3 Å². The van der Waals surface area contributed by atoms with Gasteiger partial charge in [-0.1, -0.05) is 18.2 Å². The van der Waals surface area contributed by atoms with Crippen LogP contribution in [-0.2, 0) is 4.79 Å². The molecule has 0 bridgehead atoms. The lowest BCUT2D eigenvalue weighted by Gasteiger charge is -2.10. The molecule has 0 fully saturated rings. The smallest absolute Gasteiger partial charge is 0.243 e. The molecule has 0 aliphatic rings. The number of anilines is 2. The summed E-state index contributed by atoms with van der Waals surface area (Å²) in [5.74, 6) is 0.477. The Morgan fingerprint density at radius 2 is 2.05 bits per heavy atom. The van der Waals surface area contributed by atoms with Crippen molar-refractivity contribution in [2.75, 3.05) is 23.8 Å². The first-order chi connectivity index (χ1) is 10.2. The third kappa shape index (κ3) is 4.49. The van der Waals surface area contributed by atoms with Crippen LogP contribution in [0.2, 0.25) is 0 Å². The lowest BCUT2D eigenvalue weighted by molar-refractivity contribution is -0.114. The molecule has 5 heteroatoms. The van der Waals surface area contributed by atoms with Gasteiger partial charge < -0.3 is 15.4 Å². The predicted molar refractivity (Wildman–Crippen MR) is 83.7 cm³/mol. The van der Waals surface area contributed by atoms with Crippen LogP contribution in [0.1, 0.15) is 12.5 Å². The van der Waals surface area contributed by atoms with Gasteiger partial charge in [-0.2, -0.15) is 0 Å². The minimum atomic E-state index is -0.0989. The quantitative estimate of drug-likeness (QED) is 0.856. The molecule has 0 aliphatic heterocycles. The number of aromatic nitrogens is 1. The van der Waals surface area contributed by atoms with Crippen molar-refractivity contribution < 1.29 is 9.53 Å². The van der Waals surface area contributed by atoms with Gasteiger partial charge in [0.1, 0.15) is 0 Å². The highest BCUT2D eigenvalue weighted by atomic mass is 16.5. The fourth-order valence-electron chi connectivity index (χ4n) is 1.81. The first-order valence-corrected chi connectivity index (χ1v) is 6.87. The third-order valence-electron chi connectivity index (χ3n) is 2.90. The van der Waals surface area contributed by atoms with Crippen molar-refractivity contribution in [3.05, 3.63) is 48.2 Å². The highest BCUT2D eigenvalue weighted by Crippen LogP contribution is 2.13. The van der Waals surface area contributed by atoms with E-state index in [1.165, 1.54) is 0 Å². The number of nitrogens with one attached hydrogen (secondary N) is 2. The number of hydrogen-bond acceptors (Lipinski definition) is 4. The molecule has 2 aromatic rings. The first kappa shape index (κ1) is 14.8. The van der Waals surface area contributed by atoms with E-state index >= 15 is 0 Å². The molecule has 5 nitrogen and oxygen atoms in total. The predicted octanol–water partition coefficient (Wildman–Crippen LogP) is 2.84. The third-order valence-corrected chi connectivity index (χ3v) is 2.90. The van der Waals surface area contributed by atoms with Gasteiger partial charge in [0.15, 0.2) is 0 Å². The summed E-state index contributed by atoms with van der Waals surface area (Å²) in [7, 11) is 0. The van der Waals surface area contributed by atoms with Crippen molar-refractivity contribution in [3.63, 3.8) is 0 Å². The Balaban J connectivity index is 1.85. The van der Waals surface area contributed by atoms with Gasteiger partial charge in [0.25, 0.3) is 0 Å². The summed E-state index contributed by atoms with van der Waals surface area (Å²) in [6.07, 6.45) is 1.64. The zero-order valence-electron chi connectivity index (χ0n) is 12.2. The number of benzene rings is 1. The second-order valence-corrected chi connectivity index (χ2v) is 4.53. The number of carbonyl (C=O) groups is 1. The largest absolute Gasteiger partial charge is 0.478 e. The number of para-hydroxylation sites is 1. The fraction of sp³-hybridized carbons (Fsp3) is 0.250. The van der Waals surface area contributed by atoms with Crippen molar-refractivity contribution in [1.82, 2.24) is 4.98 Å². The summed E-state index contributed by atoms with van der Waals surface area (Å²) in [5, 5.41) is 5.89. The van der Waals surface area contributed by atoms with Crippen LogP contribution in [0.25, 0.3) is 0 Å². The highest BCUT2D eigenvalue weighted by Gasteiger charge is 2.04. The van der Waals surface area contributed by atoms with E-state index in [1.807, 2.05) is 44.2 Å². The van der Waals surface area contributed by atoms with Gasteiger partial charge in [0.2, 0.25) is 11.8 Å². The van der Waals surface area contributed by atoms with Gasteiger partial charge in [-0.3, -0.25) is 4.79 Å². The highest BCUT2D eigenvalue weighted by molar-refractivity contribution is 5.94. The number of hydrogen-bond donors (Lipinski definition) is 2. The van der Waals surface area contributed by atoms with E-state index in [0.29, 0.717) is 12.5 Å². The van der Waals surface area contributed by atoms with Crippen LogP contribution in [0.15, 0.2) is 42.6 Å². The molecule has 110 valence electrons. The van der Waals surface area contributed by atoms with Gasteiger partial charge in [0, 0.05) is 11.8 Å². The zero-order chi connectivity index (χ0) is 15.1. The van der Waals surface area contributed by atoms with Crippen LogP contribution < -0.4 is 15.4 Å². The van der Waals surface area contributed by atoms with E-state index in [-0.39, 0.29) is 12.5 Å². The van der Waals surface area contributed by atoms with Crippen LogP contribution in [0, 0.1) is 6.92 Å². The Bertz CT molecular complexity index is 597. The molecule has 21 heavy (non-hydrogen) atoms. The maximum atomic E-state index is 11.9. The molecule has 0 aliphatic carbocycles. The van der Waals surface area contributed by atoms with Crippen LogP contribution in [0.4, 0.5) is 11.4 Å². The average Bonchev–Trinajstić information content (AvgIpc) is 2.49. The second kappa shape index (κ2) is 7.28. The Hall–Kier alpha value is -2.56. The summed E-state index contributed by atoms with van der Waals surface area (Å²) in [5.41, 5.74) is 2.64. The van der Waals surface area contributed by atoms with Crippen molar-refractivity contribution in [3.8, 4) is 5.88 Å². The topological polar surface area (TPSA) is 63.2 Å². The Morgan fingerprint density at radius 1 is 1.24 bits per heavy atom. The zero-order valence-corrected chi connectivity index (χ0v) is 12.2.